The van der Waals surface area contributed by atoms with E-state index in [0.29, 0.717) is 12.3 Å². The van der Waals surface area contributed by atoms with Crippen LogP contribution in [-0.2, 0) is 11.2 Å². The van der Waals surface area contributed by atoms with Crippen LogP contribution in [0.4, 0.5) is 0 Å². The summed E-state index contributed by atoms with van der Waals surface area (Å²) in [4.78, 5) is 14.9. The van der Waals surface area contributed by atoms with Crippen molar-refractivity contribution in [3.63, 3.8) is 0 Å². The van der Waals surface area contributed by atoms with Crippen molar-refractivity contribution in [3.05, 3.63) is 29.8 Å². The number of carbonyl (C=O) groups excluding carboxylic acids is 1. The summed E-state index contributed by atoms with van der Waals surface area (Å²) in [5.41, 5.74) is 6.38. The van der Waals surface area contributed by atoms with Crippen molar-refractivity contribution < 1.29 is 9.53 Å². The molecule has 1 aromatic rings. The van der Waals surface area contributed by atoms with Crippen LogP contribution >= 0.6 is 0 Å². The summed E-state index contributed by atoms with van der Waals surface area (Å²) in [6.07, 6.45) is 2.73. The highest BCUT2D eigenvalue weighted by molar-refractivity contribution is 5.82. The van der Waals surface area contributed by atoms with Crippen LogP contribution in [0, 0.1) is 11.3 Å². The SMILES string of the molecule is COc1ccccc1CC(C)(C)C(=O)N1CCC(CN)CC1. The number of benzene rings is 1. The number of para-hydroxylation sites is 1. The van der Waals surface area contributed by atoms with Gasteiger partial charge in [-0.05, 0) is 43.4 Å². The van der Waals surface area contributed by atoms with Gasteiger partial charge < -0.3 is 15.4 Å². The molecule has 1 aliphatic rings. The van der Waals surface area contributed by atoms with Gasteiger partial charge in [0.25, 0.3) is 0 Å². The molecule has 0 bridgehead atoms. The molecular formula is C18H28N2O2. The number of nitrogens with two attached hydrogens (primary N) is 1. The predicted molar refractivity (Wildman–Crippen MR) is 88.8 cm³/mol. The highest BCUT2D eigenvalue weighted by atomic mass is 16.5. The van der Waals surface area contributed by atoms with Gasteiger partial charge in [0, 0.05) is 18.5 Å². The first-order valence-corrected chi connectivity index (χ1v) is 8.09. The second-order valence-electron chi connectivity index (χ2n) is 6.84. The molecule has 0 unspecified atom stereocenters. The molecule has 0 saturated carbocycles. The van der Waals surface area contributed by atoms with Crippen molar-refractivity contribution >= 4 is 5.91 Å². The van der Waals surface area contributed by atoms with Crippen molar-refractivity contribution in [2.24, 2.45) is 17.1 Å². The van der Waals surface area contributed by atoms with E-state index in [0.717, 1.165) is 43.8 Å². The molecule has 4 nitrogen and oxygen atoms in total. The van der Waals surface area contributed by atoms with Crippen LogP contribution in [0.15, 0.2) is 24.3 Å². The normalized spacial score (nSPS) is 16.6. The van der Waals surface area contributed by atoms with Crippen molar-refractivity contribution in [2.75, 3.05) is 26.7 Å². The number of likely N-dealkylation sites (tertiary alicyclic amines) is 1. The zero-order valence-electron chi connectivity index (χ0n) is 14.0. The van der Waals surface area contributed by atoms with Crippen LogP contribution in [0.5, 0.6) is 5.75 Å². The maximum absolute atomic E-state index is 12.9. The lowest BCUT2D eigenvalue weighted by atomic mass is 9.83. The molecule has 0 aliphatic carbocycles. The van der Waals surface area contributed by atoms with Crippen LogP contribution in [0.3, 0.4) is 0 Å². The Hall–Kier alpha value is -1.55. The minimum atomic E-state index is -0.426. The van der Waals surface area contributed by atoms with Gasteiger partial charge in [0.15, 0.2) is 0 Å². The fourth-order valence-electron chi connectivity index (χ4n) is 3.20. The average Bonchev–Trinajstić information content (AvgIpc) is 2.54. The van der Waals surface area contributed by atoms with E-state index in [1.807, 2.05) is 43.0 Å². The van der Waals surface area contributed by atoms with E-state index in [9.17, 15) is 4.79 Å². The fraction of sp³-hybridized carbons (Fsp3) is 0.611. The van der Waals surface area contributed by atoms with Crippen molar-refractivity contribution in [2.45, 2.75) is 33.1 Å². The Morgan fingerprint density at radius 1 is 1.32 bits per heavy atom. The number of hydrogen-bond donors (Lipinski definition) is 1. The summed E-state index contributed by atoms with van der Waals surface area (Å²) in [5.74, 6) is 1.65. The van der Waals surface area contributed by atoms with Crippen LogP contribution in [0.1, 0.15) is 32.3 Å². The molecule has 4 heteroatoms. The molecule has 0 radical (unpaired) electrons. The molecule has 1 aromatic carbocycles. The Kier molecular flexibility index (Phi) is 5.46. The van der Waals surface area contributed by atoms with E-state index in [4.69, 9.17) is 10.5 Å². The number of nitrogens with zero attached hydrogens (tertiary/aromatic N) is 1. The van der Waals surface area contributed by atoms with Crippen molar-refractivity contribution in [1.82, 2.24) is 4.90 Å². The largest absolute Gasteiger partial charge is 0.496 e. The topological polar surface area (TPSA) is 55.6 Å². The van der Waals surface area contributed by atoms with E-state index in [1.54, 1.807) is 7.11 Å². The third-order valence-corrected chi connectivity index (χ3v) is 4.64. The van der Waals surface area contributed by atoms with E-state index in [2.05, 4.69) is 0 Å². The highest BCUT2D eigenvalue weighted by Crippen LogP contribution is 2.30. The van der Waals surface area contributed by atoms with Gasteiger partial charge in [0.2, 0.25) is 5.91 Å². The molecule has 1 aliphatic heterocycles. The van der Waals surface area contributed by atoms with E-state index in [1.165, 1.54) is 0 Å². The lowest BCUT2D eigenvalue weighted by Crippen LogP contribution is -2.46. The van der Waals surface area contributed by atoms with E-state index in [-0.39, 0.29) is 5.91 Å². The number of amides is 1. The molecule has 22 heavy (non-hydrogen) atoms. The Morgan fingerprint density at radius 2 is 1.95 bits per heavy atom. The quantitative estimate of drug-likeness (QED) is 0.909. The van der Waals surface area contributed by atoms with Gasteiger partial charge in [-0.1, -0.05) is 32.0 Å². The van der Waals surface area contributed by atoms with Gasteiger partial charge in [0.05, 0.1) is 7.11 Å². The first-order chi connectivity index (χ1) is 10.5. The lowest BCUT2D eigenvalue weighted by molar-refractivity contribution is -0.141. The molecule has 0 atom stereocenters. The van der Waals surface area contributed by atoms with Crippen molar-refractivity contribution in [3.8, 4) is 5.75 Å². The van der Waals surface area contributed by atoms with Crippen molar-refractivity contribution in [1.29, 1.82) is 0 Å². The monoisotopic (exact) mass is 304 g/mol. The van der Waals surface area contributed by atoms with Gasteiger partial charge in [-0.3, -0.25) is 4.79 Å². The third-order valence-electron chi connectivity index (χ3n) is 4.64. The Morgan fingerprint density at radius 3 is 2.55 bits per heavy atom. The van der Waals surface area contributed by atoms with Crippen LogP contribution in [0.2, 0.25) is 0 Å². The highest BCUT2D eigenvalue weighted by Gasteiger charge is 2.34. The maximum Gasteiger partial charge on any atom is 0.228 e. The second kappa shape index (κ2) is 7.14. The number of piperidine rings is 1. The smallest absolute Gasteiger partial charge is 0.228 e. The zero-order chi connectivity index (χ0) is 16.2. The number of hydrogen-bond acceptors (Lipinski definition) is 3. The summed E-state index contributed by atoms with van der Waals surface area (Å²) < 4.78 is 5.41. The zero-order valence-corrected chi connectivity index (χ0v) is 14.0. The Bertz CT molecular complexity index is 506. The minimum absolute atomic E-state index is 0.230. The third kappa shape index (κ3) is 3.80. The summed E-state index contributed by atoms with van der Waals surface area (Å²) in [6.45, 7) is 6.44. The number of carbonyl (C=O) groups is 1. The maximum atomic E-state index is 12.9. The van der Waals surface area contributed by atoms with Gasteiger partial charge in [0.1, 0.15) is 5.75 Å². The first-order valence-electron chi connectivity index (χ1n) is 8.09. The van der Waals surface area contributed by atoms with Gasteiger partial charge in [-0.25, -0.2) is 0 Å². The predicted octanol–water partition coefficient (Wildman–Crippen LogP) is 2.46. The van der Waals surface area contributed by atoms with Crippen LogP contribution in [0.25, 0.3) is 0 Å². The van der Waals surface area contributed by atoms with Gasteiger partial charge in [-0.2, -0.15) is 0 Å². The molecule has 1 fully saturated rings. The standard InChI is InChI=1S/C18H28N2O2/c1-18(2,12-15-6-4-5-7-16(15)22-3)17(21)20-10-8-14(13-19)9-11-20/h4-7,14H,8-13,19H2,1-3H3. The van der Waals surface area contributed by atoms with E-state index < -0.39 is 5.41 Å². The van der Waals surface area contributed by atoms with Gasteiger partial charge >= 0.3 is 0 Å². The van der Waals surface area contributed by atoms with E-state index >= 15 is 0 Å². The minimum Gasteiger partial charge on any atom is -0.496 e. The Balaban J connectivity index is 2.04. The summed E-state index contributed by atoms with van der Waals surface area (Å²) in [6, 6.07) is 7.93. The van der Waals surface area contributed by atoms with Gasteiger partial charge in [-0.15, -0.1) is 0 Å². The summed E-state index contributed by atoms with van der Waals surface area (Å²) in [7, 11) is 1.67. The molecule has 122 valence electrons. The molecule has 0 aromatic heterocycles. The molecule has 2 rings (SSSR count). The second-order valence-corrected chi connectivity index (χ2v) is 6.84. The Labute approximate surface area is 133 Å². The summed E-state index contributed by atoms with van der Waals surface area (Å²) >= 11 is 0. The lowest BCUT2D eigenvalue weighted by Gasteiger charge is -2.37. The number of rotatable bonds is 5. The molecule has 1 saturated heterocycles. The molecular weight excluding hydrogens is 276 g/mol. The molecule has 1 amide bonds. The summed E-state index contributed by atoms with van der Waals surface area (Å²) in [5, 5.41) is 0. The van der Waals surface area contributed by atoms with Crippen LogP contribution < -0.4 is 10.5 Å². The average molecular weight is 304 g/mol. The number of ether oxygens (including phenoxy) is 1. The van der Waals surface area contributed by atoms with Crippen LogP contribution in [-0.4, -0.2) is 37.6 Å². The molecule has 0 spiro atoms. The molecule has 2 N–H and O–H groups in total. The fourth-order valence-corrected chi connectivity index (χ4v) is 3.20. The molecule has 1 heterocycles. The first kappa shape index (κ1) is 16.8. The number of methoxy groups -OCH3 is 1.